The fourth-order valence-corrected chi connectivity index (χ4v) is 2.92. The van der Waals surface area contributed by atoms with E-state index in [4.69, 9.17) is 11.6 Å². The van der Waals surface area contributed by atoms with Gasteiger partial charge < -0.3 is 9.80 Å². The zero-order valence-electron chi connectivity index (χ0n) is 11.7. The third-order valence-electron chi connectivity index (χ3n) is 3.67. The molecular weight excluding hydrogens is 276 g/mol. The van der Waals surface area contributed by atoms with E-state index in [1.165, 1.54) is 0 Å². The zero-order chi connectivity index (χ0) is 13.9. The van der Waals surface area contributed by atoms with E-state index in [2.05, 4.69) is 30.9 Å². The molecule has 0 amide bonds. The van der Waals surface area contributed by atoms with Crippen LogP contribution in [0.2, 0.25) is 0 Å². The summed E-state index contributed by atoms with van der Waals surface area (Å²) < 4.78 is 1.82. The summed E-state index contributed by atoms with van der Waals surface area (Å²) in [4.78, 5) is 13.4. The van der Waals surface area contributed by atoms with Crippen molar-refractivity contribution in [1.29, 1.82) is 0 Å². The van der Waals surface area contributed by atoms with E-state index in [0.29, 0.717) is 11.7 Å². The molecule has 2 aromatic rings. The van der Waals surface area contributed by atoms with E-state index in [9.17, 15) is 0 Å². The van der Waals surface area contributed by atoms with Gasteiger partial charge in [0, 0.05) is 43.8 Å². The van der Waals surface area contributed by atoms with Crippen molar-refractivity contribution in [2.24, 2.45) is 0 Å². The molecule has 0 radical (unpaired) electrons. The van der Waals surface area contributed by atoms with E-state index >= 15 is 0 Å². The second-order valence-corrected chi connectivity index (χ2v) is 5.48. The van der Waals surface area contributed by atoms with Gasteiger partial charge in [0.2, 0.25) is 0 Å². The number of hydrogen-bond acceptors (Lipinski definition) is 5. The number of alkyl halides is 1. The van der Waals surface area contributed by atoms with Crippen LogP contribution in [0.15, 0.2) is 12.4 Å². The number of aryl methyl sites for hydroxylation is 1. The number of nitrogens with zero attached hydrogens (tertiary/aromatic N) is 6. The minimum Gasteiger partial charge on any atom is -0.355 e. The number of fused-ring (bicyclic) bond motifs is 1. The van der Waals surface area contributed by atoms with Crippen molar-refractivity contribution in [1.82, 2.24) is 24.5 Å². The molecule has 3 heterocycles. The Morgan fingerprint density at radius 1 is 1.25 bits per heavy atom. The first-order valence-electron chi connectivity index (χ1n) is 6.98. The molecule has 1 fully saturated rings. The van der Waals surface area contributed by atoms with Gasteiger partial charge in [0.05, 0.1) is 0 Å². The van der Waals surface area contributed by atoms with Crippen molar-refractivity contribution >= 4 is 23.2 Å². The molecule has 1 aliphatic heterocycles. The van der Waals surface area contributed by atoms with Crippen LogP contribution in [0.5, 0.6) is 0 Å². The van der Waals surface area contributed by atoms with Crippen LogP contribution in [0.4, 0.5) is 5.82 Å². The summed E-state index contributed by atoms with van der Waals surface area (Å²) in [6.45, 7) is 7.10. The quantitative estimate of drug-likeness (QED) is 0.796. The average Bonchev–Trinajstić information content (AvgIpc) is 2.77. The molecule has 0 unspecified atom stereocenters. The minimum absolute atomic E-state index is 0.668. The van der Waals surface area contributed by atoms with E-state index in [1.807, 2.05) is 11.4 Å². The summed E-state index contributed by atoms with van der Waals surface area (Å²) >= 11 is 5.84. The Kier molecular flexibility index (Phi) is 4.03. The first-order chi connectivity index (χ1) is 9.78. The summed E-state index contributed by atoms with van der Waals surface area (Å²) in [5.74, 6) is 2.45. The molecule has 1 aliphatic rings. The molecule has 3 rings (SSSR count). The monoisotopic (exact) mass is 294 g/mol. The first kappa shape index (κ1) is 13.6. The highest BCUT2D eigenvalue weighted by atomic mass is 35.5. The van der Waals surface area contributed by atoms with Gasteiger partial charge in [-0.2, -0.15) is 14.6 Å². The van der Waals surface area contributed by atoms with Crippen molar-refractivity contribution in [3.63, 3.8) is 0 Å². The molecule has 0 bridgehead atoms. The van der Waals surface area contributed by atoms with E-state index in [-0.39, 0.29) is 0 Å². The predicted octanol–water partition coefficient (Wildman–Crippen LogP) is 1.18. The Morgan fingerprint density at radius 2 is 2.15 bits per heavy atom. The first-order valence-corrected chi connectivity index (χ1v) is 7.52. The second kappa shape index (κ2) is 5.93. The van der Waals surface area contributed by atoms with Crippen LogP contribution >= 0.6 is 11.6 Å². The summed E-state index contributed by atoms with van der Waals surface area (Å²) in [7, 11) is 0. The molecule has 0 aromatic carbocycles. The smallest absolute Gasteiger partial charge is 0.254 e. The number of halogens is 1. The fourth-order valence-electron chi connectivity index (χ4n) is 2.68. The normalized spacial score (nSPS) is 17.6. The van der Waals surface area contributed by atoms with E-state index in [1.54, 1.807) is 6.33 Å². The van der Waals surface area contributed by atoms with Gasteiger partial charge in [-0.05, 0) is 19.9 Å². The van der Waals surface area contributed by atoms with Crippen molar-refractivity contribution < 1.29 is 0 Å². The topological polar surface area (TPSA) is 49.6 Å². The Balaban J connectivity index is 1.85. The lowest BCUT2D eigenvalue weighted by Gasteiger charge is -2.23. The molecule has 20 heavy (non-hydrogen) atoms. The Bertz CT molecular complexity index is 583. The van der Waals surface area contributed by atoms with Gasteiger partial charge in [-0.3, -0.25) is 0 Å². The maximum atomic E-state index is 5.84. The second-order valence-electron chi connectivity index (χ2n) is 5.10. The van der Waals surface area contributed by atoms with Gasteiger partial charge in [0.15, 0.2) is 0 Å². The van der Waals surface area contributed by atoms with Gasteiger partial charge in [-0.15, -0.1) is 11.6 Å². The van der Waals surface area contributed by atoms with Crippen LogP contribution in [0.25, 0.3) is 5.78 Å². The molecule has 6 nitrogen and oxygen atoms in total. The van der Waals surface area contributed by atoms with Crippen LogP contribution in [0.3, 0.4) is 0 Å². The summed E-state index contributed by atoms with van der Waals surface area (Å²) in [5.41, 5.74) is 0.974. The number of rotatable bonds is 3. The molecule has 1 saturated heterocycles. The molecule has 0 spiro atoms. The molecular formula is C13H19ClN6. The van der Waals surface area contributed by atoms with Gasteiger partial charge in [-0.25, -0.2) is 4.98 Å². The Hall–Kier alpha value is -1.40. The third-order valence-corrected chi connectivity index (χ3v) is 3.84. The summed E-state index contributed by atoms with van der Waals surface area (Å²) in [6.07, 6.45) is 2.69. The van der Waals surface area contributed by atoms with Gasteiger partial charge in [0.1, 0.15) is 12.1 Å². The highest BCUT2D eigenvalue weighted by Gasteiger charge is 2.18. The van der Waals surface area contributed by atoms with Gasteiger partial charge in [0.25, 0.3) is 5.78 Å². The lowest BCUT2D eigenvalue weighted by Crippen LogP contribution is -2.32. The molecule has 2 aromatic heterocycles. The van der Waals surface area contributed by atoms with Gasteiger partial charge in [-0.1, -0.05) is 0 Å². The van der Waals surface area contributed by atoms with Crippen molar-refractivity contribution in [3.8, 4) is 0 Å². The molecule has 0 aliphatic carbocycles. The molecule has 0 atom stereocenters. The standard InChI is InChI=1S/C13H19ClN6/c1-11-9-12(20-13(17-11)15-10-16-20)19-5-2-4-18(6-3-14)7-8-19/h9-10H,2-8H2,1H3. The van der Waals surface area contributed by atoms with Crippen LogP contribution in [-0.4, -0.2) is 63.1 Å². The molecule has 0 saturated carbocycles. The number of hydrogen-bond donors (Lipinski definition) is 0. The van der Waals surface area contributed by atoms with Crippen molar-refractivity contribution in [2.45, 2.75) is 13.3 Å². The molecule has 108 valence electrons. The number of aromatic nitrogens is 4. The zero-order valence-corrected chi connectivity index (χ0v) is 12.4. The SMILES string of the molecule is Cc1cc(N2CCCN(CCCl)CC2)n2ncnc2n1. The lowest BCUT2D eigenvalue weighted by atomic mass is 10.3. The maximum Gasteiger partial charge on any atom is 0.254 e. The van der Waals surface area contributed by atoms with E-state index in [0.717, 1.165) is 50.7 Å². The Morgan fingerprint density at radius 3 is 3.00 bits per heavy atom. The predicted molar refractivity (Wildman–Crippen MR) is 79.5 cm³/mol. The van der Waals surface area contributed by atoms with Crippen LogP contribution in [0.1, 0.15) is 12.1 Å². The van der Waals surface area contributed by atoms with Crippen LogP contribution in [0, 0.1) is 6.92 Å². The lowest BCUT2D eigenvalue weighted by molar-refractivity contribution is 0.311. The highest BCUT2D eigenvalue weighted by Crippen LogP contribution is 2.17. The summed E-state index contributed by atoms with van der Waals surface area (Å²) in [6, 6.07) is 2.08. The van der Waals surface area contributed by atoms with Crippen molar-refractivity contribution in [2.75, 3.05) is 43.5 Å². The van der Waals surface area contributed by atoms with Gasteiger partial charge >= 0.3 is 0 Å². The Labute approximate surface area is 123 Å². The average molecular weight is 295 g/mol. The maximum absolute atomic E-state index is 5.84. The largest absolute Gasteiger partial charge is 0.355 e. The molecule has 0 N–H and O–H groups in total. The van der Waals surface area contributed by atoms with Crippen LogP contribution < -0.4 is 4.90 Å². The fraction of sp³-hybridized carbons (Fsp3) is 0.615. The highest BCUT2D eigenvalue weighted by molar-refractivity contribution is 6.18. The molecule has 7 heteroatoms. The summed E-state index contributed by atoms with van der Waals surface area (Å²) in [5, 5.41) is 4.29. The third kappa shape index (κ3) is 2.71. The number of anilines is 1. The van der Waals surface area contributed by atoms with Crippen LogP contribution in [-0.2, 0) is 0 Å². The van der Waals surface area contributed by atoms with Crippen molar-refractivity contribution in [3.05, 3.63) is 18.1 Å². The van der Waals surface area contributed by atoms with E-state index < -0.39 is 0 Å². The minimum atomic E-state index is 0.668.